The Balaban J connectivity index is 2.81. The summed E-state index contributed by atoms with van der Waals surface area (Å²) in [5.41, 5.74) is 1.07. The van der Waals surface area contributed by atoms with Crippen LogP contribution in [0.2, 0.25) is 0 Å². The van der Waals surface area contributed by atoms with E-state index in [4.69, 9.17) is 9.47 Å². The van der Waals surface area contributed by atoms with Crippen LogP contribution in [0.15, 0.2) is 18.2 Å². The van der Waals surface area contributed by atoms with Crippen molar-refractivity contribution in [3.8, 4) is 11.5 Å². The molecule has 1 aromatic carbocycles. The fourth-order valence-corrected chi connectivity index (χ4v) is 1.18. The number of methoxy groups -OCH3 is 1. The minimum absolute atomic E-state index is 0.758. The van der Waals surface area contributed by atoms with Crippen LogP contribution in [0.3, 0.4) is 0 Å². The molecule has 0 spiro atoms. The lowest BCUT2D eigenvalue weighted by atomic mass is 10.2. The zero-order valence-corrected chi connectivity index (χ0v) is 8.46. The molecule has 0 aliphatic rings. The van der Waals surface area contributed by atoms with Crippen LogP contribution in [0.1, 0.15) is 18.9 Å². The first-order valence-corrected chi connectivity index (χ1v) is 4.56. The number of hydrogen-bond donors (Lipinski definition) is 0. The fraction of sp³-hybridized carbons (Fsp3) is 0.455. The van der Waals surface area contributed by atoms with Crippen molar-refractivity contribution >= 4 is 0 Å². The molecule has 1 aromatic rings. The maximum Gasteiger partial charge on any atom is 0.125 e. The average molecular weight is 180 g/mol. The molecule has 0 N–H and O–H groups in total. The Labute approximate surface area is 79.5 Å². The second-order valence-corrected chi connectivity index (χ2v) is 2.93. The molecule has 72 valence electrons. The third-order valence-electron chi connectivity index (χ3n) is 1.92. The van der Waals surface area contributed by atoms with E-state index in [1.807, 2.05) is 25.1 Å². The van der Waals surface area contributed by atoms with Gasteiger partial charge in [-0.05, 0) is 25.5 Å². The van der Waals surface area contributed by atoms with Gasteiger partial charge >= 0.3 is 0 Å². The first-order chi connectivity index (χ1) is 6.29. The summed E-state index contributed by atoms with van der Waals surface area (Å²) < 4.78 is 10.7. The van der Waals surface area contributed by atoms with Crippen molar-refractivity contribution in [1.82, 2.24) is 0 Å². The monoisotopic (exact) mass is 180 g/mol. The molecule has 0 unspecified atom stereocenters. The van der Waals surface area contributed by atoms with E-state index >= 15 is 0 Å². The second-order valence-electron chi connectivity index (χ2n) is 2.93. The van der Waals surface area contributed by atoms with Gasteiger partial charge in [-0.15, -0.1) is 0 Å². The zero-order chi connectivity index (χ0) is 9.68. The van der Waals surface area contributed by atoms with E-state index < -0.39 is 0 Å². The van der Waals surface area contributed by atoms with Crippen molar-refractivity contribution in [2.45, 2.75) is 20.3 Å². The van der Waals surface area contributed by atoms with Crippen molar-refractivity contribution in [3.05, 3.63) is 23.8 Å². The quantitative estimate of drug-likeness (QED) is 0.709. The number of hydrogen-bond acceptors (Lipinski definition) is 2. The number of rotatable bonds is 4. The van der Waals surface area contributed by atoms with E-state index in [0.29, 0.717) is 0 Å². The maximum atomic E-state index is 5.55. The lowest BCUT2D eigenvalue weighted by Crippen LogP contribution is -1.98. The Kier molecular flexibility index (Phi) is 3.62. The third-order valence-corrected chi connectivity index (χ3v) is 1.92. The summed E-state index contributed by atoms with van der Waals surface area (Å²) in [6, 6.07) is 5.85. The normalized spacial score (nSPS) is 9.77. The van der Waals surface area contributed by atoms with Crippen LogP contribution in [0.5, 0.6) is 11.5 Å². The Morgan fingerprint density at radius 3 is 2.54 bits per heavy atom. The van der Waals surface area contributed by atoms with Crippen molar-refractivity contribution in [2.24, 2.45) is 0 Å². The first-order valence-electron chi connectivity index (χ1n) is 4.56. The van der Waals surface area contributed by atoms with Crippen LogP contribution in [0.4, 0.5) is 0 Å². The van der Waals surface area contributed by atoms with Gasteiger partial charge in [-0.2, -0.15) is 0 Å². The Bertz CT molecular complexity index is 269. The molecule has 0 amide bonds. The van der Waals surface area contributed by atoms with E-state index in [0.717, 1.165) is 30.1 Å². The van der Waals surface area contributed by atoms with Gasteiger partial charge in [0.1, 0.15) is 11.5 Å². The van der Waals surface area contributed by atoms with Crippen LogP contribution in [-0.2, 0) is 0 Å². The highest BCUT2D eigenvalue weighted by Gasteiger charge is 2.03. The summed E-state index contributed by atoms with van der Waals surface area (Å²) in [5.74, 6) is 1.80. The SMILES string of the molecule is CCCOc1cccc(OC)c1C. The number of benzene rings is 1. The summed E-state index contributed by atoms with van der Waals surface area (Å²) in [4.78, 5) is 0. The van der Waals surface area contributed by atoms with E-state index in [1.54, 1.807) is 7.11 Å². The van der Waals surface area contributed by atoms with Gasteiger partial charge < -0.3 is 9.47 Å². The molecule has 0 aliphatic heterocycles. The van der Waals surface area contributed by atoms with Gasteiger partial charge in [-0.25, -0.2) is 0 Å². The first kappa shape index (κ1) is 9.90. The molecule has 0 atom stereocenters. The minimum atomic E-state index is 0.758. The molecule has 0 aromatic heterocycles. The van der Waals surface area contributed by atoms with Crippen LogP contribution < -0.4 is 9.47 Å². The standard InChI is InChI=1S/C11H16O2/c1-4-8-13-11-7-5-6-10(12-3)9(11)2/h5-7H,4,8H2,1-3H3. The van der Waals surface area contributed by atoms with Crippen molar-refractivity contribution in [3.63, 3.8) is 0 Å². The summed E-state index contributed by atoms with van der Waals surface area (Å²) in [5, 5.41) is 0. The summed E-state index contributed by atoms with van der Waals surface area (Å²) in [6.45, 7) is 4.85. The predicted octanol–water partition coefficient (Wildman–Crippen LogP) is 2.79. The molecule has 0 radical (unpaired) electrons. The Hall–Kier alpha value is -1.18. The van der Waals surface area contributed by atoms with Gasteiger partial charge in [0, 0.05) is 5.56 Å². The highest BCUT2D eigenvalue weighted by Crippen LogP contribution is 2.26. The molecule has 0 fully saturated rings. The van der Waals surface area contributed by atoms with Gasteiger partial charge in [-0.3, -0.25) is 0 Å². The molecule has 0 saturated heterocycles. The molecule has 0 bridgehead atoms. The smallest absolute Gasteiger partial charge is 0.125 e. The largest absolute Gasteiger partial charge is 0.496 e. The molecule has 0 heterocycles. The summed E-state index contributed by atoms with van der Waals surface area (Å²) >= 11 is 0. The lowest BCUT2D eigenvalue weighted by Gasteiger charge is -2.10. The van der Waals surface area contributed by atoms with Crippen LogP contribution in [0.25, 0.3) is 0 Å². The highest BCUT2D eigenvalue weighted by molar-refractivity contribution is 5.43. The van der Waals surface area contributed by atoms with E-state index in [1.165, 1.54) is 0 Å². The van der Waals surface area contributed by atoms with E-state index in [9.17, 15) is 0 Å². The average Bonchev–Trinajstić information content (AvgIpc) is 2.16. The van der Waals surface area contributed by atoms with Crippen LogP contribution in [-0.4, -0.2) is 13.7 Å². The summed E-state index contributed by atoms with van der Waals surface area (Å²) in [6.07, 6.45) is 1.02. The van der Waals surface area contributed by atoms with Gasteiger partial charge in [0.2, 0.25) is 0 Å². The molecular formula is C11H16O2. The third kappa shape index (κ3) is 2.38. The molecule has 1 rings (SSSR count). The van der Waals surface area contributed by atoms with Crippen molar-refractivity contribution < 1.29 is 9.47 Å². The van der Waals surface area contributed by atoms with E-state index in [2.05, 4.69) is 6.92 Å². The molecule has 0 aliphatic carbocycles. The maximum absolute atomic E-state index is 5.55. The predicted molar refractivity (Wildman–Crippen MR) is 53.5 cm³/mol. The van der Waals surface area contributed by atoms with E-state index in [-0.39, 0.29) is 0 Å². The second kappa shape index (κ2) is 4.75. The topological polar surface area (TPSA) is 18.5 Å². The van der Waals surface area contributed by atoms with Crippen LogP contribution in [0, 0.1) is 6.92 Å². The highest BCUT2D eigenvalue weighted by atomic mass is 16.5. The Morgan fingerprint density at radius 2 is 1.92 bits per heavy atom. The fourth-order valence-electron chi connectivity index (χ4n) is 1.18. The van der Waals surface area contributed by atoms with Gasteiger partial charge in [0.15, 0.2) is 0 Å². The molecular weight excluding hydrogens is 164 g/mol. The van der Waals surface area contributed by atoms with Gasteiger partial charge in [0.05, 0.1) is 13.7 Å². The van der Waals surface area contributed by atoms with Crippen LogP contribution >= 0.6 is 0 Å². The summed E-state index contributed by atoms with van der Waals surface area (Å²) in [7, 11) is 1.67. The van der Waals surface area contributed by atoms with Crippen molar-refractivity contribution in [1.29, 1.82) is 0 Å². The van der Waals surface area contributed by atoms with Gasteiger partial charge in [0.25, 0.3) is 0 Å². The zero-order valence-electron chi connectivity index (χ0n) is 8.46. The minimum Gasteiger partial charge on any atom is -0.496 e. The Morgan fingerprint density at radius 1 is 1.23 bits per heavy atom. The molecule has 13 heavy (non-hydrogen) atoms. The molecule has 2 nitrogen and oxygen atoms in total. The lowest BCUT2D eigenvalue weighted by molar-refractivity contribution is 0.312. The van der Waals surface area contributed by atoms with Gasteiger partial charge in [-0.1, -0.05) is 13.0 Å². The molecule has 0 saturated carbocycles. The van der Waals surface area contributed by atoms with Crippen molar-refractivity contribution in [2.75, 3.05) is 13.7 Å². The molecule has 2 heteroatoms. The number of ether oxygens (including phenoxy) is 2.